The van der Waals surface area contributed by atoms with Crippen molar-refractivity contribution in [2.75, 3.05) is 10.2 Å². The first-order valence-corrected chi connectivity index (χ1v) is 9.30. The molecule has 0 bridgehead atoms. The van der Waals surface area contributed by atoms with Gasteiger partial charge in [-0.05, 0) is 29.8 Å². The molecular formula is C24H16N2O2. The lowest BCUT2D eigenvalue weighted by Gasteiger charge is -2.35. The highest BCUT2D eigenvalue weighted by Crippen LogP contribution is 2.51. The number of carbonyl (C=O) groups is 1. The average Bonchev–Trinajstić information content (AvgIpc) is 3.13. The minimum Gasteiger partial charge on any atom is -0.423 e. The maximum absolute atomic E-state index is 13.0. The van der Waals surface area contributed by atoms with Gasteiger partial charge in [0.05, 0.1) is 22.6 Å². The molecule has 4 nitrogen and oxygen atoms in total. The number of esters is 1. The molecule has 3 aromatic carbocycles. The Labute approximate surface area is 162 Å². The van der Waals surface area contributed by atoms with E-state index in [9.17, 15) is 4.79 Å². The molecule has 0 aliphatic carbocycles. The highest BCUT2D eigenvalue weighted by atomic mass is 16.5. The molecule has 4 heteroatoms. The topological polar surface area (TPSA) is 41.6 Å². The third-order valence-corrected chi connectivity index (χ3v) is 5.50. The predicted molar refractivity (Wildman–Crippen MR) is 109 cm³/mol. The van der Waals surface area contributed by atoms with Gasteiger partial charge < -0.3 is 10.1 Å². The number of para-hydroxylation sites is 3. The van der Waals surface area contributed by atoms with E-state index in [1.807, 2.05) is 60.7 Å². The molecule has 134 valence electrons. The normalized spacial score (nSPS) is 19.0. The largest absolute Gasteiger partial charge is 0.423 e. The monoisotopic (exact) mass is 364 g/mol. The van der Waals surface area contributed by atoms with E-state index in [1.165, 1.54) is 0 Å². The van der Waals surface area contributed by atoms with Crippen LogP contribution in [0.2, 0.25) is 0 Å². The molecule has 1 atom stereocenters. The van der Waals surface area contributed by atoms with E-state index in [-0.39, 0.29) is 11.9 Å². The van der Waals surface area contributed by atoms with E-state index in [0.717, 1.165) is 34.0 Å². The third kappa shape index (κ3) is 2.03. The van der Waals surface area contributed by atoms with Crippen molar-refractivity contribution < 1.29 is 9.53 Å². The summed E-state index contributed by atoms with van der Waals surface area (Å²) in [4.78, 5) is 15.1. The van der Waals surface area contributed by atoms with E-state index in [0.29, 0.717) is 11.3 Å². The van der Waals surface area contributed by atoms with Gasteiger partial charge in [-0.15, -0.1) is 0 Å². The fraction of sp³-hybridized carbons (Fsp3) is 0.0417. The van der Waals surface area contributed by atoms with Crippen molar-refractivity contribution in [3.05, 3.63) is 107 Å². The second-order valence-corrected chi connectivity index (χ2v) is 7.06. The van der Waals surface area contributed by atoms with Crippen molar-refractivity contribution in [2.24, 2.45) is 0 Å². The van der Waals surface area contributed by atoms with Crippen LogP contribution in [0.15, 0.2) is 96.3 Å². The summed E-state index contributed by atoms with van der Waals surface area (Å²) in [7, 11) is 0. The standard InChI is InChI=1S/C24H16N2O2/c27-24-22-17(16-10-4-7-13-21(16)28-24)14-20(15-8-2-1-3-9-15)26-19-12-6-5-11-18(19)25-23(22)26/h1-14,17,25H. The number of fused-ring (bicyclic) bond motifs is 6. The Morgan fingerprint density at radius 1 is 0.857 bits per heavy atom. The summed E-state index contributed by atoms with van der Waals surface area (Å²) in [5.74, 6) is 0.967. The molecule has 0 amide bonds. The summed E-state index contributed by atoms with van der Waals surface area (Å²) in [6.45, 7) is 0. The van der Waals surface area contributed by atoms with Gasteiger partial charge in [-0.3, -0.25) is 4.90 Å². The Morgan fingerprint density at radius 3 is 2.50 bits per heavy atom. The number of allylic oxidation sites excluding steroid dienone is 1. The van der Waals surface area contributed by atoms with Crippen molar-refractivity contribution in [1.29, 1.82) is 0 Å². The molecule has 0 saturated carbocycles. The molecule has 0 fully saturated rings. The fourth-order valence-electron chi connectivity index (χ4n) is 4.27. The van der Waals surface area contributed by atoms with E-state index < -0.39 is 0 Å². The summed E-state index contributed by atoms with van der Waals surface area (Å²) < 4.78 is 5.66. The van der Waals surface area contributed by atoms with Crippen LogP contribution in [0.5, 0.6) is 5.75 Å². The third-order valence-electron chi connectivity index (χ3n) is 5.50. The molecule has 0 saturated heterocycles. The van der Waals surface area contributed by atoms with Gasteiger partial charge in [0, 0.05) is 11.5 Å². The molecular weight excluding hydrogens is 348 g/mol. The van der Waals surface area contributed by atoms with Crippen LogP contribution in [-0.4, -0.2) is 5.97 Å². The smallest absolute Gasteiger partial charge is 0.344 e. The molecule has 1 unspecified atom stereocenters. The number of ether oxygens (including phenoxy) is 1. The second-order valence-electron chi connectivity index (χ2n) is 7.06. The SMILES string of the molecule is O=C1Oc2ccccc2C2C=C(c3ccccc3)N3C(=C12)Nc1ccccc13. The molecule has 3 heterocycles. The first-order valence-electron chi connectivity index (χ1n) is 9.30. The van der Waals surface area contributed by atoms with Gasteiger partial charge in [-0.2, -0.15) is 0 Å². The van der Waals surface area contributed by atoms with Gasteiger partial charge >= 0.3 is 5.97 Å². The van der Waals surface area contributed by atoms with Crippen LogP contribution in [0.1, 0.15) is 17.0 Å². The molecule has 28 heavy (non-hydrogen) atoms. The van der Waals surface area contributed by atoms with Gasteiger partial charge in [0.2, 0.25) is 0 Å². The van der Waals surface area contributed by atoms with Crippen molar-refractivity contribution in [2.45, 2.75) is 5.92 Å². The molecule has 3 aliphatic heterocycles. The molecule has 3 aromatic rings. The average molecular weight is 364 g/mol. The Kier molecular flexibility index (Phi) is 3.06. The van der Waals surface area contributed by atoms with Crippen LogP contribution in [0.25, 0.3) is 5.70 Å². The highest BCUT2D eigenvalue weighted by molar-refractivity contribution is 6.05. The van der Waals surface area contributed by atoms with Crippen molar-refractivity contribution >= 4 is 23.0 Å². The molecule has 0 aromatic heterocycles. The summed E-state index contributed by atoms with van der Waals surface area (Å²) in [6, 6.07) is 26.1. The molecule has 3 aliphatic rings. The van der Waals surface area contributed by atoms with Crippen molar-refractivity contribution in [3.63, 3.8) is 0 Å². The Morgan fingerprint density at radius 2 is 1.61 bits per heavy atom. The number of nitrogens with one attached hydrogen (secondary N) is 1. The summed E-state index contributed by atoms with van der Waals surface area (Å²) in [5, 5.41) is 3.46. The maximum Gasteiger partial charge on any atom is 0.344 e. The number of nitrogens with zero attached hydrogens (tertiary/aromatic N) is 1. The van der Waals surface area contributed by atoms with Crippen LogP contribution in [0.4, 0.5) is 11.4 Å². The molecule has 6 rings (SSSR count). The van der Waals surface area contributed by atoms with E-state index in [2.05, 4.69) is 34.5 Å². The number of rotatable bonds is 1. The summed E-state index contributed by atoms with van der Waals surface area (Å²) >= 11 is 0. The lowest BCUT2D eigenvalue weighted by Crippen LogP contribution is -2.34. The van der Waals surface area contributed by atoms with Crippen LogP contribution in [-0.2, 0) is 4.79 Å². The van der Waals surface area contributed by atoms with Crippen LogP contribution in [0.3, 0.4) is 0 Å². The van der Waals surface area contributed by atoms with Crippen molar-refractivity contribution in [1.82, 2.24) is 0 Å². The van der Waals surface area contributed by atoms with Crippen LogP contribution >= 0.6 is 0 Å². The van der Waals surface area contributed by atoms with E-state index >= 15 is 0 Å². The van der Waals surface area contributed by atoms with Crippen LogP contribution < -0.4 is 15.0 Å². The summed E-state index contributed by atoms with van der Waals surface area (Å²) in [5.41, 5.74) is 5.84. The predicted octanol–water partition coefficient (Wildman–Crippen LogP) is 4.89. The Balaban J connectivity index is 1.64. The van der Waals surface area contributed by atoms with Gasteiger partial charge in [-0.1, -0.05) is 60.7 Å². The summed E-state index contributed by atoms with van der Waals surface area (Å²) in [6.07, 6.45) is 2.18. The second kappa shape index (κ2) is 5.60. The highest BCUT2D eigenvalue weighted by Gasteiger charge is 2.42. The molecule has 0 spiro atoms. The van der Waals surface area contributed by atoms with Gasteiger partial charge in [0.15, 0.2) is 0 Å². The number of hydrogen-bond acceptors (Lipinski definition) is 4. The van der Waals surface area contributed by atoms with E-state index in [1.54, 1.807) is 0 Å². The molecule has 1 N–H and O–H groups in total. The fourth-order valence-corrected chi connectivity index (χ4v) is 4.27. The minimum atomic E-state index is -0.299. The minimum absolute atomic E-state index is 0.152. The van der Waals surface area contributed by atoms with Crippen molar-refractivity contribution in [3.8, 4) is 5.75 Å². The lowest BCUT2D eigenvalue weighted by molar-refractivity contribution is -0.131. The zero-order valence-electron chi connectivity index (χ0n) is 14.9. The Bertz CT molecular complexity index is 1190. The zero-order valence-corrected chi connectivity index (χ0v) is 14.9. The van der Waals surface area contributed by atoms with Gasteiger partial charge in [0.25, 0.3) is 0 Å². The lowest BCUT2D eigenvalue weighted by atomic mass is 9.84. The quantitative estimate of drug-likeness (QED) is 0.493. The number of carbonyl (C=O) groups excluding carboxylic acids is 1. The number of benzene rings is 3. The first kappa shape index (κ1) is 15.3. The first-order chi connectivity index (χ1) is 13.8. The zero-order chi connectivity index (χ0) is 18.7. The van der Waals surface area contributed by atoms with Gasteiger partial charge in [0.1, 0.15) is 11.6 Å². The Hall–Kier alpha value is -3.79. The van der Waals surface area contributed by atoms with E-state index in [4.69, 9.17) is 4.74 Å². The maximum atomic E-state index is 13.0. The number of anilines is 2. The van der Waals surface area contributed by atoms with Gasteiger partial charge in [-0.25, -0.2) is 4.79 Å². The number of hydrogen-bond donors (Lipinski definition) is 1. The van der Waals surface area contributed by atoms with Crippen LogP contribution in [0, 0.1) is 0 Å². The molecule has 0 radical (unpaired) electrons.